The Bertz CT molecular complexity index is 718. The maximum atomic E-state index is 11.1. The molecule has 1 aromatic carbocycles. The second-order valence-electron chi connectivity index (χ2n) is 6.26. The number of H-pyrrole nitrogens is 1. The molecule has 7 heteroatoms. The average Bonchev–Trinajstić information content (AvgIpc) is 2.67. The zero-order chi connectivity index (χ0) is 17.5. The van der Waals surface area contributed by atoms with E-state index >= 15 is 0 Å². The van der Waals surface area contributed by atoms with Gasteiger partial charge in [0.25, 0.3) is 5.56 Å². The molecule has 1 N–H and O–H groups in total. The summed E-state index contributed by atoms with van der Waals surface area (Å²) in [6, 6.07) is 10.1. The highest BCUT2D eigenvalue weighted by Crippen LogP contribution is 2.20. The van der Waals surface area contributed by atoms with Gasteiger partial charge in [0.15, 0.2) is 0 Å². The number of nitrogens with zero attached hydrogens (tertiary/aromatic N) is 3. The minimum Gasteiger partial charge on any atom is -0.491 e. The molecule has 1 unspecified atom stereocenters. The lowest BCUT2D eigenvalue weighted by molar-refractivity contribution is 0.188. The Labute approximate surface area is 146 Å². The van der Waals surface area contributed by atoms with Gasteiger partial charge < -0.3 is 9.64 Å². The van der Waals surface area contributed by atoms with Crippen LogP contribution in [0.4, 0.5) is 0 Å². The first-order valence-electron chi connectivity index (χ1n) is 8.58. The van der Waals surface area contributed by atoms with Crippen molar-refractivity contribution in [2.45, 2.75) is 25.3 Å². The molecule has 0 aliphatic carbocycles. The van der Waals surface area contributed by atoms with Gasteiger partial charge in [0.2, 0.25) is 0 Å². The normalized spacial score (nSPS) is 16.3. The van der Waals surface area contributed by atoms with Gasteiger partial charge >= 0.3 is 0 Å². The monoisotopic (exact) mass is 342 g/mol. The highest BCUT2D eigenvalue weighted by molar-refractivity contribution is 5.59. The molecular formula is C18H22N4O3. The standard InChI is InChI=1S/C18H22N4O3/c23-18-9-8-17(19-20-18)14-4-6-16(7-5-14)25-13-15(21-24)12-22-10-2-1-3-11-22/h4-9,15H,1-3,10-13H2,(H,20,23). The Morgan fingerprint density at radius 3 is 2.52 bits per heavy atom. The van der Waals surface area contributed by atoms with E-state index in [-0.39, 0.29) is 18.2 Å². The molecule has 1 aliphatic rings. The van der Waals surface area contributed by atoms with Crippen LogP contribution >= 0.6 is 0 Å². The van der Waals surface area contributed by atoms with E-state index in [9.17, 15) is 9.70 Å². The second kappa shape index (κ2) is 8.53. The predicted molar refractivity (Wildman–Crippen MR) is 95.7 cm³/mol. The fourth-order valence-electron chi connectivity index (χ4n) is 2.98. The molecule has 25 heavy (non-hydrogen) atoms. The third-order valence-corrected chi connectivity index (χ3v) is 4.34. The lowest BCUT2D eigenvalue weighted by Gasteiger charge is -2.27. The van der Waals surface area contributed by atoms with E-state index in [4.69, 9.17) is 4.74 Å². The summed E-state index contributed by atoms with van der Waals surface area (Å²) >= 11 is 0. The summed E-state index contributed by atoms with van der Waals surface area (Å²) in [6.07, 6.45) is 3.64. The van der Waals surface area contributed by atoms with Gasteiger partial charge in [0.05, 0.1) is 5.69 Å². The molecule has 132 valence electrons. The van der Waals surface area contributed by atoms with Gasteiger partial charge in [-0.1, -0.05) is 11.6 Å². The first kappa shape index (κ1) is 17.3. The number of benzene rings is 1. The maximum Gasteiger partial charge on any atom is 0.264 e. The lowest BCUT2D eigenvalue weighted by atomic mass is 10.1. The third kappa shape index (κ3) is 4.96. The van der Waals surface area contributed by atoms with Gasteiger partial charge in [-0.15, -0.1) is 0 Å². The summed E-state index contributed by atoms with van der Waals surface area (Å²) in [5.74, 6) is 0.681. The summed E-state index contributed by atoms with van der Waals surface area (Å²) < 4.78 is 5.71. The van der Waals surface area contributed by atoms with Gasteiger partial charge in [0, 0.05) is 18.2 Å². The number of hydrogen-bond donors (Lipinski definition) is 1. The highest BCUT2D eigenvalue weighted by Gasteiger charge is 2.17. The van der Waals surface area contributed by atoms with E-state index < -0.39 is 0 Å². The molecular weight excluding hydrogens is 320 g/mol. The maximum absolute atomic E-state index is 11.1. The van der Waals surface area contributed by atoms with Crippen LogP contribution in [0, 0.1) is 4.91 Å². The molecule has 2 aromatic rings. The number of likely N-dealkylation sites (tertiary alicyclic amines) is 1. The van der Waals surface area contributed by atoms with E-state index in [1.54, 1.807) is 6.07 Å². The molecule has 0 spiro atoms. The Kier molecular flexibility index (Phi) is 5.90. The van der Waals surface area contributed by atoms with Crippen molar-refractivity contribution in [3.63, 3.8) is 0 Å². The summed E-state index contributed by atoms with van der Waals surface area (Å²) in [7, 11) is 0. The number of piperidine rings is 1. The van der Waals surface area contributed by atoms with Crippen LogP contribution < -0.4 is 10.3 Å². The van der Waals surface area contributed by atoms with E-state index in [0.717, 1.165) is 18.7 Å². The lowest BCUT2D eigenvalue weighted by Crippen LogP contribution is -2.37. The number of aromatic nitrogens is 2. The number of hydrogen-bond acceptors (Lipinski definition) is 6. The first-order chi connectivity index (χ1) is 12.2. The number of ether oxygens (including phenoxy) is 1. The molecule has 3 rings (SSSR count). The zero-order valence-electron chi connectivity index (χ0n) is 14.1. The summed E-state index contributed by atoms with van der Waals surface area (Å²) in [5, 5.41) is 9.61. The van der Waals surface area contributed by atoms with E-state index in [1.807, 2.05) is 24.3 Å². The van der Waals surface area contributed by atoms with Crippen LogP contribution in [0.2, 0.25) is 0 Å². The molecule has 0 amide bonds. The van der Waals surface area contributed by atoms with Crippen LogP contribution in [0.15, 0.2) is 46.4 Å². The fourth-order valence-corrected chi connectivity index (χ4v) is 2.98. The van der Waals surface area contributed by atoms with E-state index in [1.165, 1.54) is 25.3 Å². The predicted octanol–water partition coefficient (Wildman–Crippen LogP) is 2.44. The summed E-state index contributed by atoms with van der Waals surface area (Å²) in [6.45, 7) is 3.00. The molecule has 0 radical (unpaired) electrons. The molecule has 0 bridgehead atoms. The van der Waals surface area contributed by atoms with E-state index in [2.05, 4.69) is 20.3 Å². The Hall–Kier alpha value is -2.54. The third-order valence-electron chi connectivity index (χ3n) is 4.34. The topological polar surface area (TPSA) is 87.6 Å². The molecule has 2 heterocycles. The van der Waals surface area contributed by atoms with Crippen molar-refractivity contribution in [1.82, 2.24) is 15.1 Å². The Morgan fingerprint density at radius 2 is 1.88 bits per heavy atom. The molecule has 0 saturated carbocycles. The van der Waals surface area contributed by atoms with Crippen molar-refractivity contribution in [1.29, 1.82) is 0 Å². The van der Waals surface area contributed by atoms with Crippen LogP contribution in [0.3, 0.4) is 0 Å². The van der Waals surface area contributed by atoms with Gasteiger partial charge in [-0.2, -0.15) is 10.0 Å². The zero-order valence-corrected chi connectivity index (χ0v) is 14.1. The number of nitrogens with one attached hydrogen (secondary N) is 1. The summed E-state index contributed by atoms with van der Waals surface area (Å²) in [5.41, 5.74) is 1.33. The average molecular weight is 342 g/mol. The quantitative estimate of drug-likeness (QED) is 0.781. The molecule has 1 fully saturated rings. The smallest absolute Gasteiger partial charge is 0.264 e. The van der Waals surface area contributed by atoms with Gasteiger partial charge in [0.1, 0.15) is 18.4 Å². The minimum atomic E-state index is -0.362. The van der Waals surface area contributed by atoms with Crippen molar-refractivity contribution >= 4 is 0 Å². The molecule has 1 atom stereocenters. The fraction of sp³-hybridized carbons (Fsp3) is 0.444. The number of rotatable bonds is 7. The SMILES string of the molecule is O=NC(COc1ccc(-c2ccc(=O)[nH]n2)cc1)CN1CCCCC1. The van der Waals surface area contributed by atoms with Crippen molar-refractivity contribution in [2.24, 2.45) is 5.18 Å². The number of aromatic amines is 1. The highest BCUT2D eigenvalue weighted by atomic mass is 16.5. The van der Waals surface area contributed by atoms with Crippen LogP contribution in [0.1, 0.15) is 19.3 Å². The summed E-state index contributed by atoms with van der Waals surface area (Å²) in [4.78, 5) is 24.4. The molecule has 1 saturated heterocycles. The number of nitroso groups, excluding NO2 is 1. The molecule has 7 nitrogen and oxygen atoms in total. The van der Waals surface area contributed by atoms with Crippen LogP contribution in [0.5, 0.6) is 5.75 Å². The second-order valence-corrected chi connectivity index (χ2v) is 6.26. The van der Waals surface area contributed by atoms with Crippen molar-refractivity contribution in [3.05, 3.63) is 51.7 Å². The molecule has 1 aliphatic heterocycles. The Morgan fingerprint density at radius 1 is 1.12 bits per heavy atom. The van der Waals surface area contributed by atoms with Gasteiger partial charge in [-0.3, -0.25) is 4.79 Å². The molecule has 1 aromatic heterocycles. The van der Waals surface area contributed by atoms with Crippen molar-refractivity contribution in [2.75, 3.05) is 26.2 Å². The minimum absolute atomic E-state index is 0.232. The van der Waals surface area contributed by atoms with Gasteiger partial charge in [-0.05, 0) is 56.3 Å². The van der Waals surface area contributed by atoms with Crippen LogP contribution in [-0.2, 0) is 0 Å². The van der Waals surface area contributed by atoms with Crippen LogP contribution in [0.25, 0.3) is 11.3 Å². The van der Waals surface area contributed by atoms with Crippen LogP contribution in [-0.4, -0.2) is 47.4 Å². The van der Waals surface area contributed by atoms with Gasteiger partial charge in [-0.25, -0.2) is 5.10 Å². The van der Waals surface area contributed by atoms with Crippen molar-refractivity contribution in [3.8, 4) is 17.0 Å². The Balaban J connectivity index is 1.54. The van der Waals surface area contributed by atoms with E-state index in [0.29, 0.717) is 18.0 Å². The largest absolute Gasteiger partial charge is 0.491 e. The first-order valence-corrected chi connectivity index (χ1v) is 8.58. The van der Waals surface area contributed by atoms with Crippen molar-refractivity contribution < 1.29 is 4.74 Å².